The minimum Gasteiger partial charge on any atom is -0.399 e. The van der Waals surface area contributed by atoms with Crippen molar-refractivity contribution in [3.63, 3.8) is 0 Å². The molecule has 1 heterocycles. The third-order valence-corrected chi connectivity index (χ3v) is 2.50. The first kappa shape index (κ1) is 11.4. The van der Waals surface area contributed by atoms with Crippen LogP contribution in [0.1, 0.15) is 10.4 Å². The number of amides is 1. The van der Waals surface area contributed by atoms with E-state index in [2.05, 4.69) is 10.3 Å². The van der Waals surface area contributed by atoms with E-state index in [-0.39, 0.29) is 5.91 Å². The maximum atomic E-state index is 11.9. The van der Waals surface area contributed by atoms with Crippen molar-refractivity contribution >= 4 is 28.9 Å². The molecule has 0 unspecified atom stereocenters. The summed E-state index contributed by atoms with van der Waals surface area (Å²) in [5.41, 5.74) is 7.11. The predicted octanol–water partition coefficient (Wildman–Crippen LogP) is 2.57. The van der Waals surface area contributed by atoms with E-state index in [1.165, 1.54) is 0 Å². The number of hydrogen-bond acceptors (Lipinski definition) is 3. The monoisotopic (exact) mass is 247 g/mol. The lowest BCUT2D eigenvalue weighted by molar-refractivity contribution is 0.102. The third kappa shape index (κ3) is 2.73. The SMILES string of the molecule is Nc1ccc(Cl)c(C(=O)Nc2ccncc2)c1. The fourth-order valence-corrected chi connectivity index (χ4v) is 1.55. The number of carbonyl (C=O) groups excluding carboxylic acids is 1. The number of aromatic nitrogens is 1. The van der Waals surface area contributed by atoms with Gasteiger partial charge in [0.2, 0.25) is 0 Å². The third-order valence-electron chi connectivity index (χ3n) is 2.17. The lowest BCUT2D eigenvalue weighted by atomic mass is 10.2. The summed E-state index contributed by atoms with van der Waals surface area (Å²) in [5.74, 6) is -0.298. The van der Waals surface area contributed by atoms with Crippen LogP contribution in [0.5, 0.6) is 0 Å². The molecule has 0 aliphatic rings. The second-order valence-corrected chi connectivity index (χ2v) is 3.84. The zero-order chi connectivity index (χ0) is 12.3. The number of rotatable bonds is 2. The zero-order valence-electron chi connectivity index (χ0n) is 8.85. The summed E-state index contributed by atoms with van der Waals surface area (Å²) >= 11 is 5.93. The van der Waals surface area contributed by atoms with Crippen molar-refractivity contribution in [3.05, 3.63) is 53.3 Å². The van der Waals surface area contributed by atoms with Gasteiger partial charge in [-0.3, -0.25) is 9.78 Å². The number of anilines is 2. The largest absolute Gasteiger partial charge is 0.399 e. The molecule has 0 radical (unpaired) electrons. The van der Waals surface area contributed by atoms with Crippen LogP contribution >= 0.6 is 11.6 Å². The van der Waals surface area contributed by atoms with Gasteiger partial charge in [0, 0.05) is 23.8 Å². The number of pyridine rings is 1. The predicted molar refractivity (Wildman–Crippen MR) is 68.1 cm³/mol. The van der Waals surface area contributed by atoms with E-state index in [4.69, 9.17) is 17.3 Å². The van der Waals surface area contributed by atoms with Gasteiger partial charge in [0.25, 0.3) is 5.91 Å². The average molecular weight is 248 g/mol. The number of carbonyl (C=O) groups is 1. The normalized spacial score (nSPS) is 9.94. The average Bonchev–Trinajstić information content (AvgIpc) is 2.33. The Hall–Kier alpha value is -2.07. The lowest BCUT2D eigenvalue weighted by Gasteiger charge is -2.07. The zero-order valence-corrected chi connectivity index (χ0v) is 9.61. The molecule has 0 aliphatic carbocycles. The Labute approximate surface area is 103 Å². The van der Waals surface area contributed by atoms with Gasteiger partial charge in [-0.15, -0.1) is 0 Å². The van der Waals surface area contributed by atoms with Crippen LogP contribution in [-0.4, -0.2) is 10.9 Å². The Morgan fingerprint density at radius 2 is 1.94 bits per heavy atom. The minimum absolute atomic E-state index is 0.298. The Balaban J connectivity index is 2.23. The minimum atomic E-state index is -0.298. The number of halogens is 1. The summed E-state index contributed by atoms with van der Waals surface area (Å²) in [7, 11) is 0. The maximum Gasteiger partial charge on any atom is 0.257 e. The van der Waals surface area contributed by atoms with Crippen molar-refractivity contribution in [1.29, 1.82) is 0 Å². The summed E-state index contributed by atoms with van der Waals surface area (Å²) in [5, 5.41) is 3.07. The number of nitrogens with zero attached hydrogens (tertiary/aromatic N) is 1. The van der Waals surface area contributed by atoms with Crippen molar-refractivity contribution in [2.24, 2.45) is 0 Å². The van der Waals surface area contributed by atoms with Crippen LogP contribution in [0.3, 0.4) is 0 Å². The van der Waals surface area contributed by atoms with Crippen LogP contribution in [0, 0.1) is 0 Å². The summed E-state index contributed by atoms with van der Waals surface area (Å²) < 4.78 is 0. The number of benzene rings is 1. The molecule has 0 aliphatic heterocycles. The van der Waals surface area contributed by atoms with E-state index in [1.807, 2.05) is 0 Å². The van der Waals surface area contributed by atoms with Gasteiger partial charge in [-0.05, 0) is 30.3 Å². The maximum absolute atomic E-state index is 11.9. The second-order valence-electron chi connectivity index (χ2n) is 3.43. The van der Waals surface area contributed by atoms with Crippen LogP contribution in [0.25, 0.3) is 0 Å². The van der Waals surface area contributed by atoms with Gasteiger partial charge in [0.05, 0.1) is 10.6 Å². The highest BCUT2D eigenvalue weighted by Crippen LogP contribution is 2.20. The van der Waals surface area contributed by atoms with Gasteiger partial charge >= 0.3 is 0 Å². The molecule has 1 aromatic heterocycles. The highest BCUT2D eigenvalue weighted by atomic mass is 35.5. The fourth-order valence-electron chi connectivity index (χ4n) is 1.35. The van der Waals surface area contributed by atoms with Gasteiger partial charge in [0.15, 0.2) is 0 Å². The van der Waals surface area contributed by atoms with Gasteiger partial charge in [0.1, 0.15) is 0 Å². The van der Waals surface area contributed by atoms with Gasteiger partial charge in [-0.1, -0.05) is 11.6 Å². The molecule has 0 bridgehead atoms. The van der Waals surface area contributed by atoms with E-state index < -0.39 is 0 Å². The Bertz CT molecular complexity index is 543. The van der Waals surface area contributed by atoms with E-state index in [9.17, 15) is 4.79 Å². The molecule has 2 rings (SSSR count). The molecule has 1 amide bonds. The van der Waals surface area contributed by atoms with Crippen molar-refractivity contribution in [3.8, 4) is 0 Å². The van der Waals surface area contributed by atoms with Gasteiger partial charge in [-0.2, -0.15) is 0 Å². The molecule has 0 fully saturated rings. The first-order valence-corrected chi connectivity index (χ1v) is 5.31. The first-order valence-electron chi connectivity index (χ1n) is 4.93. The molecular formula is C12H10ClN3O. The van der Waals surface area contributed by atoms with Crippen molar-refractivity contribution < 1.29 is 4.79 Å². The first-order chi connectivity index (χ1) is 8.16. The van der Waals surface area contributed by atoms with Gasteiger partial charge in [-0.25, -0.2) is 0 Å². The van der Waals surface area contributed by atoms with Gasteiger partial charge < -0.3 is 11.1 Å². The molecule has 3 N–H and O–H groups in total. The van der Waals surface area contributed by atoms with E-state index >= 15 is 0 Å². The number of nitrogen functional groups attached to an aromatic ring is 1. The van der Waals surface area contributed by atoms with Crippen molar-refractivity contribution in [2.45, 2.75) is 0 Å². The second kappa shape index (κ2) is 4.84. The van der Waals surface area contributed by atoms with Crippen LogP contribution < -0.4 is 11.1 Å². The topological polar surface area (TPSA) is 68.0 Å². The van der Waals surface area contributed by atoms with Crippen molar-refractivity contribution in [1.82, 2.24) is 4.98 Å². The van der Waals surface area contributed by atoms with Crippen molar-refractivity contribution in [2.75, 3.05) is 11.1 Å². The summed E-state index contributed by atoms with van der Waals surface area (Å²) in [6, 6.07) is 8.17. The molecule has 86 valence electrons. The Morgan fingerprint density at radius 1 is 1.24 bits per heavy atom. The highest BCUT2D eigenvalue weighted by Gasteiger charge is 2.10. The molecule has 0 saturated carbocycles. The summed E-state index contributed by atoms with van der Waals surface area (Å²) in [6.07, 6.45) is 3.19. The van der Waals surface area contributed by atoms with Crippen LogP contribution in [0.15, 0.2) is 42.7 Å². The van der Waals surface area contributed by atoms with E-state index in [0.29, 0.717) is 22.0 Å². The molecule has 4 nitrogen and oxygen atoms in total. The van der Waals surface area contributed by atoms with Crippen LogP contribution in [0.4, 0.5) is 11.4 Å². The molecule has 0 saturated heterocycles. The van der Waals surface area contributed by atoms with Crippen LogP contribution in [0.2, 0.25) is 5.02 Å². The summed E-state index contributed by atoms with van der Waals surface area (Å²) in [6.45, 7) is 0. The highest BCUT2D eigenvalue weighted by molar-refractivity contribution is 6.34. The van der Waals surface area contributed by atoms with E-state index in [0.717, 1.165) is 0 Å². The number of hydrogen-bond donors (Lipinski definition) is 2. The number of nitrogens with one attached hydrogen (secondary N) is 1. The lowest BCUT2D eigenvalue weighted by Crippen LogP contribution is -2.12. The van der Waals surface area contributed by atoms with E-state index in [1.54, 1.807) is 42.7 Å². The quantitative estimate of drug-likeness (QED) is 0.802. The summed E-state index contributed by atoms with van der Waals surface area (Å²) in [4.78, 5) is 15.8. The fraction of sp³-hybridized carbons (Fsp3) is 0. The Kier molecular flexibility index (Phi) is 3.25. The molecule has 0 spiro atoms. The molecule has 2 aromatic rings. The molecule has 0 atom stereocenters. The molecule has 17 heavy (non-hydrogen) atoms. The Morgan fingerprint density at radius 3 is 2.65 bits per heavy atom. The smallest absolute Gasteiger partial charge is 0.257 e. The van der Waals surface area contributed by atoms with Crippen LogP contribution in [-0.2, 0) is 0 Å². The standard InChI is InChI=1S/C12H10ClN3O/c13-11-2-1-8(14)7-10(11)12(17)16-9-3-5-15-6-4-9/h1-7H,14H2,(H,15,16,17). The molecular weight excluding hydrogens is 238 g/mol. The number of nitrogens with two attached hydrogens (primary N) is 1. The molecule has 5 heteroatoms. The molecule has 1 aromatic carbocycles.